The van der Waals surface area contributed by atoms with Gasteiger partial charge in [-0.3, -0.25) is 0 Å². The first-order chi connectivity index (χ1) is 12.1. The molecule has 0 spiro atoms. The first-order valence-corrected chi connectivity index (χ1v) is 8.59. The number of aryl methyl sites for hydroxylation is 1. The number of ether oxygens (including phenoxy) is 2. The van der Waals surface area contributed by atoms with Crippen LogP contribution in [0.15, 0.2) is 52.1 Å². The standard InChI is InChI=1S/C18H17FN2O3S/c1-12-4-3-5-14(8-12)23-10-17-20-21-18(24-17)25-11-13-6-7-16(22-2)15(19)9-13/h3-9H,10-11H2,1-2H3. The summed E-state index contributed by atoms with van der Waals surface area (Å²) in [6, 6.07) is 12.6. The molecule has 0 atom stereocenters. The van der Waals surface area contributed by atoms with Gasteiger partial charge in [0.1, 0.15) is 5.75 Å². The average Bonchev–Trinajstić information content (AvgIpc) is 3.06. The highest BCUT2D eigenvalue weighted by Crippen LogP contribution is 2.25. The van der Waals surface area contributed by atoms with Crippen LogP contribution in [0, 0.1) is 12.7 Å². The van der Waals surface area contributed by atoms with Crippen molar-refractivity contribution in [3.05, 3.63) is 65.3 Å². The molecule has 2 aromatic carbocycles. The smallest absolute Gasteiger partial charge is 0.277 e. The summed E-state index contributed by atoms with van der Waals surface area (Å²) >= 11 is 1.34. The average molecular weight is 360 g/mol. The Labute approximate surface area is 149 Å². The van der Waals surface area contributed by atoms with Gasteiger partial charge in [-0.1, -0.05) is 30.0 Å². The molecule has 0 aliphatic heterocycles. The number of halogens is 1. The summed E-state index contributed by atoms with van der Waals surface area (Å²) < 4.78 is 29.7. The Kier molecular flexibility index (Phi) is 5.55. The minimum Gasteiger partial charge on any atom is -0.494 e. The van der Waals surface area contributed by atoms with Crippen LogP contribution in [-0.2, 0) is 12.4 Å². The molecular formula is C18H17FN2O3S. The number of rotatable bonds is 7. The van der Waals surface area contributed by atoms with Crippen molar-refractivity contribution in [1.82, 2.24) is 10.2 Å². The monoisotopic (exact) mass is 360 g/mol. The highest BCUT2D eigenvalue weighted by atomic mass is 32.2. The molecule has 0 aliphatic rings. The Bertz CT molecular complexity index is 854. The molecule has 0 radical (unpaired) electrons. The van der Waals surface area contributed by atoms with Crippen molar-refractivity contribution in [1.29, 1.82) is 0 Å². The molecule has 7 heteroatoms. The van der Waals surface area contributed by atoms with Crippen molar-refractivity contribution < 1.29 is 18.3 Å². The first-order valence-electron chi connectivity index (χ1n) is 7.61. The third kappa shape index (κ3) is 4.73. The van der Waals surface area contributed by atoms with E-state index in [9.17, 15) is 4.39 Å². The van der Waals surface area contributed by atoms with E-state index in [1.54, 1.807) is 12.1 Å². The predicted molar refractivity (Wildman–Crippen MR) is 92.3 cm³/mol. The molecule has 0 fully saturated rings. The van der Waals surface area contributed by atoms with Crippen molar-refractivity contribution >= 4 is 11.8 Å². The fourth-order valence-electron chi connectivity index (χ4n) is 2.15. The molecular weight excluding hydrogens is 343 g/mol. The number of thioether (sulfide) groups is 1. The van der Waals surface area contributed by atoms with E-state index in [2.05, 4.69) is 10.2 Å². The normalized spacial score (nSPS) is 10.7. The van der Waals surface area contributed by atoms with E-state index in [-0.39, 0.29) is 12.4 Å². The minimum atomic E-state index is -0.390. The number of aromatic nitrogens is 2. The van der Waals surface area contributed by atoms with E-state index in [4.69, 9.17) is 13.9 Å². The van der Waals surface area contributed by atoms with Gasteiger partial charge in [0.15, 0.2) is 18.2 Å². The molecule has 0 saturated carbocycles. The highest BCUT2D eigenvalue weighted by Gasteiger charge is 2.09. The summed E-state index contributed by atoms with van der Waals surface area (Å²) in [5, 5.41) is 8.34. The summed E-state index contributed by atoms with van der Waals surface area (Å²) in [6.07, 6.45) is 0. The van der Waals surface area contributed by atoms with Crippen LogP contribution in [0.3, 0.4) is 0 Å². The molecule has 3 aromatic rings. The van der Waals surface area contributed by atoms with Gasteiger partial charge in [-0.2, -0.15) is 0 Å². The number of nitrogens with zero attached hydrogens (tertiary/aromatic N) is 2. The molecule has 130 valence electrons. The van der Waals surface area contributed by atoms with Gasteiger partial charge >= 0.3 is 0 Å². The first kappa shape index (κ1) is 17.3. The van der Waals surface area contributed by atoms with Crippen molar-refractivity contribution in [2.45, 2.75) is 24.5 Å². The lowest BCUT2D eigenvalue weighted by molar-refractivity contribution is 0.252. The number of methoxy groups -OCH3 is 1. The summed E-state index contributed by atoms with van der Waals surface area (Å²) in [5.74, 6) is 1.49. The maximum absolute atomic E-state index is 13.7. The third-order valence-corrected chi connectivity index (χ3v) is 4.27. The maximum Gasteiger partial charge on any atom is 0.277 e. The molecule has 1 aromatic heterocycles. The van der Waals surface area contributed by atoms with E-state index < -0.39 is 5.82 Å². The Hall–Kier alpha value is -2.54. The van der Waals surface area contributed by atoms with Gasteiger partial charge in [0.05, 0.1) is 7.11 Å². The van der Waals surface area contributed by atoms with E-state index in [0.29, 0.717) is 16.9 Å². The maximum atomic E-state index is 13.7. The molecule has 1 heterocycles. The van der Waals surface area contributed by atoms with E-state index in [0.717, 1.165) is 16.9 Å². The lowest BCUT2D eigenvalue weighted by atomic mass is 10.2. The van der Waals surface area contributed by atoms with Crippen LogP contribution in [0.5, 0.6) is 11.5 Å². The SMILES string of the molecule is COc1ccc(CSc2nnc(COc3cccc(C)c3)o2)cc1F. The van der Waals surface area contributed by atoms with Crippen LogP contribution in [0.1, 0.15) is 17.0 Å². The zero-order valence-electron chi connectivity index (χ0n) is 13.9. The number of benzene rings is 2. The third-order valence-electron chi connectivity index (χ3n) is 3.38. The highest BCUT2D eigenvalue weighted by molar-refractivity contribution is 7.98. The van der Waals surface area contributed by atoms with Gasteiger partial charge < -0.3 is 13.9 Å². The molecule has 0 amide bonds. The largest absolute Gasteiger partial charge is 0.494 e. The van der Waals surface area contributed by atoms with Crippen LogP contribution in [0.25, 0.3) is 0 Å². The Morgan fingerprint density at radius 2 is 2.04 bits per heavy atom. The second kappa shape index (κ2) is 8.02. The van der Waals surface area contributed by atoms with Gasteiger partial charge in [-0.25, -0.2) is 4.39 Å². The summed E-state index contributed by atoms with van der Waals surface area (Å²) in [4.78, 5) is 0. The van der Waals surface area contributed by atoms with Gasteiger partial charge in [0.25, 0.3) is 11.1 Å². The van der Waals surface area contributed by atoms with Crippen LogP contribution < -0.4 is 9.47 Å². The van der Waals surface area contributed by atoms with Crippen LogP contribution >= 0.6 is 11.8 Å². The second-order valence-electron chi connectivity index (χ2n) is 5.32. The van der Waals surface area contributed by atoms with Crippen LogP contribution in [0.4, 0.5) is 4.39 Å². The van der Waals surface area contributed by atoms with E-state index in [1.807, 2.05) is 31.2 Å². The fourth-order valence-corrected chi connectivity index (χ4v) is 2.87. The molecule has 3 rings (SSSR count). The molecule has 0 saturated heterocycles. The quantitative estimate of drug-likeness (QED) is 0.582. The van der Waals surface area contributed by atoms with Crippen molar-refractivity contribution in [3.63, 3.8) is 0 Å². The molecule has 0 bridgehead atoms. The number of hydrogen-bond acceptors (Lipinski definition) is 6. The topological polar surface area (TPSA) is 57.4 Å². The van der Waals surface area contributed by atoms with Gasteiger partial charge in [0.2, 0.25) is 0 Å². The second-order valence-corrected chi connectivity index (χ2v) is 6.25. The molecule has 0 N–H and O–H groups in total. The van der Waals surface area contributed by atoms with Crippen molar-refractivity contribution in [2.75, 3.05) is 7.11 Å². The summed E-state index contributed by atoms with van der Waals surface area (Å²) in [5.41, 5.74) is 1.92. The fraction of sp³-hybridized carbons (Fsp3) is 0.222. The number of hydrogen-bond donors (Lipinski definition) is 0. The molecule has 0 unspecified atom stereocenters. The van der Waals surface area contributed by atoms with Gasteiger partial charge in [0, 0.05) is 5.75 Å². The lowest BCUT2D eigenvalue weighted by Gasteiger charge is -2.04. The predicted octanol–water partition coefficient (Wildman–Crippen LogP) is 4.40. The zero-order chi connectivity index (χ0) is 17.6. The van der Waals surface area contributed by atoms with Crippen molar-refractivity contribution in [2.24, 2.45) is 0 Å². The zero-order valence-corrected chi connectivity index (χ0v) is 14.7. The van der Waals surface area contributed by atoms with Gasteiger partial charge in [-0.05, 0) is 42.3 Å². The van der Waals surface area contributed by atoms with Gasteiger partial charge in [-0.15, -0.1) is 10.2 Å². The van der Waals surface area contributed by atoms with Crippen LogP contribution in [-0.4, -0.2) is 17.3 Å². The van der Waals surface area contributed by atoms with E-state index >= 15 is 0 Å². The summed E-state index contributed by atoms with van der Waals surface area (Å²) in [6.45, 7) is 2.20. The summed E-state index contributed by atoms with van der Waals surface area (Å²) in [7, 11) is 1.44. The Balaban J connectivity index is 1.54. The van der Waals surface area contributed by atoms with Crippen LogP contribution in [0.2, 0.25) is 0 Å². The minimum absolute atomic E-state index is 0.203. The molecule has 25 heavy (non-hydrogen) atoms. The molecule has 0 aliphatic carbocycles. The molecule has 5 nitrogen and oxygen atoms in total. The Morgan fingerprint density at radius 1 is 1.16 bits per heavy atom. The van der Waals surface area contributed by atoms with E-state index in [1.165, 1.54) is 24.9 Å². The Morgan fingerprint density at radius 3 is 2.80 bits per heavy atom. The lowest BCUT2D eigenvalue weighted by Crippen LogP contribution is -1.95. The van der Waals surface area contributed by atoms with Crippen molar-refractivity contribution in [3.8, 4) is 11.5 Å².